The first-order valence-electron chi connectivity index (χ1n) is 4.83. The van der Waals surface area contributed by atoms with Crippen LogP contribution in [0.5, 0.6) is 5.75 Å². The van der Waals surface area contributed by atoms with Crippen molar-refractivity contribution in [2.75, 3.05) is 6.61 Å². The number of aliphatic hydroxyl groups is 2. The van der Waals surface area contributed by atoms with Crippen molar-refractivity contribution in [2.45, 2.75) is 19.1 Å². The minimum absolute atomic E-state index is 0. The van der Waals surface area contributed by atoms with Gasteiger partial charge < -0.3 is 21.1 Å². The van der Waals surface area contributed by atoms with Gasteiger partial charge in [-0.3, -0.25) is 10.1 Å². The third-order valence-corrected chi connectivity index (χ3v) is 1.91. The lowest BCUT2D eigenvalue weighted by molar-refractivity contribution is -0.385. The molecule has 0 saturated heterocycles. The molecule has 17 heavy (non-hydrogen) atoms. The Morgan fingerprint density at radius 3 is 2.76 bits per heavy atom. The van der Waals surface area contributed by atoms with E-state index in [2.05, 4.69) is 0 Å². The summed E-state index contributed by atoms with van der Waals surface area (Å²) in [4.78, 5) is 9.93. The maximum Gasteiger partial charge on any atom is 0.273 e. The summed E-state index contributed by atoms with van der Waals surface area (Å²) in [5, 5.41) is 28.4. The largest absolute Gasteiger partial charge is 0.465 e. The van der Waals surface area contributed by atoms with Crippen molar-refractivity contribution in [1.82, 2.24) is 6.15 Å². The van der Waals surface area contributed by atoms with Crippen LogP contribution in [0.2, 0.25) is 0 Å². The monoisotopic (exact) mass is 244 g/mol. The highest BCUT2D eigenvalue weighted by Gasteiger charge is 2.09. The molecule has 0 bridgehead atoms. The Balaban J connectivity index is 0.00000256. The fraction of sp³-hybridized carbons (Fsp3) is 0.400. The van der Waals surface area contributed by atoms with E-state index in [4.69, 9.17) is 9.84 Å². The number of non-ortho nitro benzene ring substituents is 1. The van der Waals surface area contributed by atoms with E-state index in [0.29, 0.717) is 6.42 Å². The van der Waals surface area contributed by atoms with Gasteiger partial charge in [0.05, 0.1) is 11.0 Å². The Hall–Kier alpha value is -1.70. The Morgan fingerprint density at radius 2 is 2.18 bits per heavy atom. The minimum atomic E-state index is -1.06. The molecule has 1 atom stereocenters. The zero-order chi connectivity index (χ0) is 12.0. The second-order valence-corrected chi connectivity index (χ2v) is 3.19. The molecule has 0 fully saturated rings. The van der Waals surface area contributed by atoms with Crippen LogP contribution in [0.15, 0.2) is 24.3 Å². The summed E-state index contributed by atoms with van der Waals surface area (Å²) in [6.45, 7) is -0.0324. The minimum Gasteiger partial charge on any atom is -0.465 e. The van der Waals surface area contributed by atoms with Gasteiger partial charge in [-0.1, -0.05) is 6.07 Å². The maximum absolute atomic E-state index is 10.5. The fourth-order valence-electron chi connectivity index (χ4n) is 1.15. The van der Waals surface area contributed by atoms with Crippen LogP contribution >= 0.6 is 0 Å². The smallest absolute Gasteiger partial charge is 0.273 e. The van der Waals surface area contributed by atoms with Crippen LogP contribution in [0.3, 0.4) is 0 Å². The van der Waals surface area contributed by atoms with E-state index >= 15 is 0 Å². The van der Waals surface area contributed by atoms with Crippen LogP contribution in [0, 0.1) is 10.1 Å². The molecule has 0 aliphatic heterocycles. The van der Waals surface area contributed by atoms with Gasteiger partial charge in [-0.15, -0.1) is 0 Å². The van der Waals surface area contributed by atoms with E-state index < -0.39 is 11.2 Å². The Morgan fingerprint density at radius 1 is 1.47 bits per heavy atom. The number of nitro groups is 1. The van der Waals surface area contributed by atoms with Crippen LogP contribution in [0.4, 0.5) is 5.69 Å². The molecule has 0 aromatic heterocycles. The average Bonchev–Trinajstić information content (AvgIpc) is 2.26. The van der Waals surface area contributed by atoms with Gasteiger partial charge in [-0.2, -0.15) is 0 Å². The van der Waals surface area contributed by atoms with E-state index in [9.17, 15) is 15.2 Å². The predicted molar refractivity (Wildman–Crippen MR) is 61.1 cm³/mol. The Bertz CT molecular complexity index is 358. The third kappa shape index (κ3) is 5.25. The number of ether oxygens (including phenoxy) is 1. The molecule has 0 amide bonds. The molecule has 0 radical (unpaired) electrons. The van der Waals surface area contributed by atoms with Crippen LogP contribution in [-0.4, -0.2) is 28.0 Å². The summed E-state index contributed by atoms with van der Waals surface area (Å²) < 4.78 is 5.05. The first-order valence-corrected chi connectivity index (χ1v) is 4.83. The molecule has 5 N–H and O–H groups in total. The van der Waals surface area contributed by atoms with Crippen LogP contribution < -0.4 is 10.9 Å². The molecule has 1 aromatic rings. The molecule has 0 heterocycles. The number of hydrogen-bond donors (Lipinski definition) is 3. The summed E-state index contributed by atoms with van der Waals surface area (Å²) in [5.41, 5.74) is -0.0909. The van der Waals surface area contributed by atoms with Crippen LogP contribution in [0.25, 0.3) is 0 Å². The van der Waals surface area contributed by atoms with Gasteiger partial charge in [0.1, 0.15) is 5.75 Å². The van der Waals surface area contributed by atoms with Crippen molar-refractivity contribution in [2.24, 2.45) is 0 Å². The van der Waals surface area contributed by atoms with Crippen molar-refractivity contribution in [3.63, 3.8) is 0 Å². The highest BCUT2D eigenvalue weighted by Crippen LogP contribution is 2.20. The molecule has 1 aromatic carbocycles. The Kier molecular flexibility index (Phi) is 6.80. The molecular formula is C10H16N2O5. The quantitative estimate of drug-likeness (QED) is 0.392. The number of benzene rings is 1. The van der Waals surface area contributed by atoms with Gasteiger partial charge >= 0.3 is 0 Å². The zero-order valence-electron chi connectivity index (χ0n) is 9.28. The van der Waals surface area contributed by atoms with E-state index in [1.165, 1.54) is 24.3 Å². The molecule has 0 aliphatic rings. The van der Waals surface area contributed by atoms with E-state index in [0.717, 1.165) is 0 Å². The van der Waals surface area contributed by atoms with Gasteiger partial charge in [0, 0.05) is 19.1 Å². The SMILES string of the molecule is N.O=[N+]([O-])c1cccc(OC(O)CCCO)c1. The second kappa shape index (κ2) is 7.55. The fourth-order valence-corrected chi connectivity index (χ4v) is 1.15. The van der Waals surface area contributed by atoms with E-state index in [1.807, 2.05) is 0 Å². The number of nitro benzene ring substituents is 1. The normalized spacial score (nSPS) is 11.4. The summed E-state index contributed by atoms with van der Waals surface area (Å²) in [6, 6.07) is 5.58. The summed E-state index contributed by atoms with van der Waals surface area (Å²) in [6.07, 6.45) is -0.371. The number of aliphatic hydroxyl groups excluding tert-OH is 2. The summed E-state index contributed by atoms with van der Waals surface area (Å²) >= 11 is 0. The second-order valence-electron chi connectivity index (χ2n) is 3.19. The average molecular weight is 244 g/mol. The number of rotatable bonds is 6. The molecule has 7 nitrogen and oxygen atoms in total. The highest BCUT2D eigenvalue weighted by atomic mass is 16.6. The van der Waals surface area contributed by atoms with E-state index in [1.54, 1.807) is 0 Å². The molecule has 0 saturated carbocycles. The lowest BCUT2D eigenvalue weighted by Crippen LogP contribution is -2.15. The van der Waals surface area contributed by atoms with Gasteiger partial charge in [0.25, 0.3) is 5.69 Å². The van der Waals surface area contributed by atoms with Crippen molar-refractivity contribution < 1.29 is 19.9 Å². The standard InChI is InChI=1S/C10H13NO5.H3N/c12-6-2-5-10(13)16-9-4-1-3-8(7-9)11(14)15;/h1,3-4,7,10,12-13H,2,5-6H2;1H3. The van der Waals surface area contributed by atoms with Crippen LogP contribution in [0.1, 0.15) is 12.8 Å². The molecule has 7 heteroatoms. The van der Waals surface area contributed by atoms with Crippen molar-refractivity contribution >= 4 is 5.69 Å². The number of hydrogen-bond acceptors (Lipinski definition) is 6. The van der Waals surface area contributed by atoms with Crippen molar-refractivity contribution in [1.29, 1.82) is 0 Å². The molecule has 0 aliphatic carbocycles. The van der Waals surface area contributed by atoms with Gasteiger partial charge in [0.2, 0.25) is 0 Å². The maximum atomic E-state index is 10.5. The molecule has 0 spiro atoms. The zero-order valence-corrected chi connectivity index (χ0v) is 9.28. The van der Waals surface area contributed by atoms with Crippen molar-refractivity contribution in [3.8, 4) is 5.75 Å². The highest BCUT2D eigenvalue weighted by molar-refractivity contribution is 5.37. The van der Waals surface area contributed by atoms with Gasteiger partial charge in [-0.05, 0) is 12.5 Å². The number of nitrogens with zero attached hydrogens (tertiary/aromatic N) is 1. The first-order chi connectivity index (χ1) is 7.63. The lowest BCUT2D eigenvalue weighted by Gasteiger charge is -2.12. The molecule has 96 valence electrons. The van der Waals surface area contributed by atoms with Crippen molar-refractivity contribution in [3.05, 3.63) is 34.4 Å². The molecule has 1 unspecified atom stereocenters. The lowest BCUT2D eigenvalue weighted by atomic mass is 10.3. The van der Waals surface area contributed by atoms with Gasteiger partial charge in [0.15, 0.2) is 6.29 Å². The molecular weight excluding hydrogens is 228 g/mol. The first kappa shape index (κ1) is 15.3. The topological polar surface area (TPSA) is 128 Å². The third-order valence-electron chi connectivity index (χ3n) is 1.91. The van der Waals surface area contributed by atoms with Gasteiger partial charge in [-0.25, -0.2) is 0 Å². The predicted octanol–water partition coefficient (Wildman–Crippen LogP) is 1.23. The summed E-state index contributed by atoms with van der Waals surface area (Å²) in [7, 11) is 0. The van der Waals surface area contributed by atoms with Crippen LogP contribution in [-0.2, 0) is 0 Å². The molecule has 1 rings (SSSR count). The Labute approximate surface area is 98.4 Å². The van der Waals surface area contributed by atoms with E-state index in [-0.39, 0.29) is 30.6 Å². The summed E-state index contributed by atoms with van der Waals surface area (Å²) in [5.74, 6) is 0.236.